The van der Waals surface area contributed by atoms with E-state index in [1.54, 1.807) is 11.3 Å². The predicted octanol–water partition coefficient (Wildman–Crippen LogP) is 3.65. The highest BCUT2D eigenvalue weighted by Crippen LogP contribution is 2.38. The smallest absolute Gasteiger partial charge is 0.149 e. The SMILES string of the molecule is Cc1cc(N[C@@H]2CCCN(C3COC3)C2)nnc1-c1ccc2sccc2c1O. The molecule has 2 aliphatic rings. The molecule has 2 fully saturated rings. The molecule has 28 heavy (non-hydrogen) atoms. The Balaban J connectivity index is 1.35. The van der Waals surface area contributed by atoms with Gasteiger partial charge in [0.05, 0.1) is 24.9 Å². The summed E-state index contributed by atoms with van der Waals surface area (Å²) in [6, 6.07) is 8.89. The summed E-state index contributed by atoms with van der Waals surface area (Å²) >= 11 is 1.62. The van der Waals surface area contributed by atoms with Crippen molar-refractivity contribution in [2.24, 2.45) is 0 Å². The van der Waals surface area contributed by atoms with Crippen molar-refractivity contribution in [2.45, 2.75) is 31.8 Å². The maximum atomic E-state index is 10.7. The molecule has 2 aliphatic heterocycles. The summed E-state index contributed by atoms with van der Waals surface area (Å²) < 4.78 is 6.41. The zero-order valence-electron chi connectivity index (χ0n) is 15.9. The van der Waals surface area contributed by atoms with Crippen LogP contribution >= 0.6 is 11.3 Å². The molecular weight excluding hydrogens is 372 g/mol. The summed E-state index contributed by atoms with van der Waals surface area (Å²) in [5.74, 6) is 1.08. The molecule has 6 nitrogen and oxygen atoms in total. The number of ether oxygens (including phenoxy) is 1. The van der Waals surface area contributed by atoms with Crippen LogP contribution < -0.4 is 5.32 Å². The van der Waals surface area contributed by atoms with E-state index in [-0.39, 0.29) is 5.75 Å². The number of fused-ring (bicyclic) bond motifs is 1. The number of thiophene rings is 1. The van der Waals surface area contributed by atoms with E-state index >= 15 is 0 Å². The molecule has 0 spiro atoms. The van der Waals surface area contributed by atoms with E-state index in [1.165, 1.54) is 6.42 Å². The highest BCUT2D eigenvalue weighted by Gasteiger charge is 2.30. The Labute approximate surface area is 168 Å². The van der Waals surface area contributed by atoms with E-state index < -0.39 is 0 Å². The number of aryl methyl sites for hydroxylation is 1. The normalized spacial score (nSPS) is 21.0. The molecule has 5 rings (SSSR count). The van der Waals surface area contributed by atoms with Crippen LogP contribution in [0.5, 0.6) is 5.75 Å². The second kappa shape index (κ2) is 7.31. The lowest BCUT2D eigenvalue weighted by atomic mass is 10.0. The van der Waals surface area contributed by atoms with E-state index in [4.69, 9.17) is 4.74 Å². The Morgan fingerprint density at radius 3 is 2.93 bits per heavy atom. The molecule has 0 aliphatic carbocycles. The summed E-state index contributed by atoms with van der Waals surface area (Å²) in [5, 5.41) is 25.9. The molecule has 0 amide bonds. The third kappa shape index (κ3) is 3.23. The van der Waals surface area contributed by atoms with Gasteiger partial charge in [0.25, 0.3) is 0 Å². The van der Waals surface area contributed by atoms with Gasteiger partial charge in [-0.25, -0.2) is 0 Å². The van der Waals surface area contributed by atoms with E-state index in [2.05, 4.69) is 20.4 Å². The van der Waals surface area contributed by atoms with Crippen LogP contribution in [0.25, 0.3) is 21.3 Å². The summed E-state index contributed by atoms with van der Waals surface area (Å²) in [6.45, 7) is 5.91. The number of phenolic OH excluding ortho intramolecular Hbond substituents is 1. The van der Waals surface area contributed by atoms with Gasteiger partial charge in [-0.3, -0.25) is 4.90 Å². The lowest BCUT2D eigenvalue weighted by Crippen LogP contribution is -2.54. The van der Waals surface area contributed by atoms with Crippen molar-refractivity contribution in [3.05, 3.63) is 35.2 Å². The number of nitrogens with one attached hydrogen (secondary N) is 1. The Kier molecular flexibility index (Phi) is 4.66. The minimum Gasteiger partial charge on any atom is -0.507 e. The van der Waals surface area contributed by atoms with Crippen molar-refractivity contribution in [2.75, 3.05) is 31.6 Å². The van der Waals surface area contributed by atoms with Gasteiger partial charge in [0, 0.05) is 28.2 Å². The molecule has 0 radical (unpaired) electrons. The first-order valence-electron chi connectivity index (χ1n) is 9.81. The number of aromatic hydroxyl groups is 1. The standard InChI is InChI=1S/C21H24N4O2S/c1-13-9-19(22-14-3-2-7-25(10-14)15-11-27-12-15)23-24-20(13)17-4-5-18-16(21(17)26)6-8-28-18/h4-6,8-9,14-15,26H,2-3,7,10-12H2,1H3,(H,22,23)/t14-/m1/s1. The van der Waals surface area contributed by atoms with E-state index in [1.807, 2.05) is 36.6 Å². The maximum Gasteiger partial charge on any atom is 0.149 e. The Bertz CT molecular complexity index is 1000. The summed E-state index contributed by atoms with van der Waals surface area (Å²) in [6.07, 6.45) is 2.33. The highest BCUT2D eigenvalue weighted by molar-refractivity contribution is 7.17. The number of phenols is 1. The fourth-order valence-corrected chi connectivity index (χ4v) is 4.93. The number of rotatable bonds is 4. The average Bonchev–Trinajstić information content (AvgIpc) is 3.12. The maximum absolute atomic E-state index is 10.7. The Morgan fingerprint density at radius 2 is 2.14 bits per heavy atom. The van der Waals surface area contributed by atoms with E-state index in [9.17, 15) is 5.11 Å². The molecule has 146 valence electrons. The van der Waals surface area contributed by atoms with Crippen LogP contribution in [0.2, 0.25) is 0 Å². The van der Waals surface area contributed by atoms with Gasteiger partial charge in [-0.05, 0) is 61.5 Å². The van der Waals surface area contributed by atoms with Crippen LogP contribution in [0.15, 0.2) is 29.6 Å². The number of anilines is 1. The van der Waals surface area contributed by atoms with Gasteiger partial charge in [0.1, 0.15) is 11.6 Å². The summed E-state index contributed by atoms with van der Waals surface area (Å²) in [7, 11) is 0. The molecule has 0 bridgehead atoms. The molecule has 4 heterocycles. The highest BCUT2D eigenvalue weighted by atomic mass is 32.1. The van der Waals surface area contributed by atoms with E-state index in [0.717, 1.165) is 65.4 Å². The minimum atomic E-state index is 0.280. The molecule has 7 heteroatoms. The molecular formula is C21H24N4O2S. The number of piperidine rings is 1. The van der Waals surface area contributed by atoms with Gasteiger partial charge in [-0.15, -0.1) is 21.5 Å². The fraction of sp³-hybridized carbons (Fsp3) is 0.429. The van der Waals surface area contributed by atoms with E-state index in [0.29, 0.717) is 12.1 Å². The third-order valence-electron chi connectivity index (χ3n) is 5.79. The van der Waals surface area contributed by atoms with Gasteiger partial charge < -0.3 is 15.2 Å². The van der Waals surface area contributed by atoms with Gasteiger partial charge in [0.15, 0.2) is 0 Å². The number of hydrogen-bond donors (Lipinski definition) is 2. The monoisotopic (exact) mass is 396 g/mol. The number of aromatic nitrogens is 2. The molecule has 2 N–H and O–H groups in total. The first-order chi connectivity index (χ1) is 13.7. The summed E-state index contributed by atoms with van der Waals surface area (Å²) in [5.41, 5.74) is 2.46. The van der Waals surface area contributed by atoms with Crippen molar-refractivity contribution >= 4 is 27.2 Å². The predicted molar refractivity (Wildman–Crippen MR) is 112 cm³/mol. The molecule has 1 aromatic carbocycles. The van der Waals surface area contributed by atoms with Crippen LogP contribution in [0.1, 0.15) is 18.4 Å². The topological polar surface area (TPSA) is 70.5 Å². The summed E-state index contributed by atoms with van der Waals surface area (Å²) in [4.78, 5) is 2.52. The van der Waals surface area contributed by atoms with Gasteiger partial charge in [0.2, 0.25) is 0 Å². The van der Waals surface area contributed by atoms with Crippen LogP contribution in [-0.4, -0.2) is 58.6 Å². The van der Waals surface area contributed by atoms with Crippen molar-refractivity contribution in [3.63, 3.8) is 0 Å². The van der Waals surface area contributed by atoms with Crippen LogP contribution in [0, 0.1) is 6.92 Å². The largest absolute Gasteiger partial charge is 0.507 e. The van der Waals surface area contributed by atoms with Crippen LogP contribution in [0.4, 0.5) is 5.82 Å². The zero-order chi connectivity index (χ0) is 19.1. The Morgan fingerprint density at radius 1 is 1.25 bits per heavy atom. The van der Waals surface area contributed by atoms with Crippen molar-refractivity contribution in [1.82, 2.24) is 15.1 Å². The van der Waals surface area contributed by atoms with Crippen LogP contribution in [-0.2, 0) is 4.74 Å². The molecule has 2 aromatic heterocycles. The third-order valence-corrected chi connectivity index (χ3v) is 6.67. The minimum absolute atomic E-state index is 0.280. The molecule has 1 atom stereocenters. The molecule has 2 saturated heterocycles. The van der Waals surface area contributed by atoms with Gasteiger partial charge in [-0.1, -0.05) is 0 Å². The lowest BCUT2D eigenvalue weighted by Gasteiger charge is -2.42. The lowest BCUT2D eigenvalue weighted by molar-refractivity contribution is -0.0710. The first kappa shape index (κ1) is 17.8. The number of nitrogens with zero attached hydrogens (tertiary/aromatic N) is 3. The van der Waals surface area contributed by atoms with Crippen LogP contribution in [0.3, 0.4) is 0 Å². The number of benzene rings is 1. The second-order valence-corrected chi connectivity index (χ2v) is 8.67. The number of likely N-dealkylation sites (tertiary alicyclic amines) is 1. The fourth-order valence-electron chi connectivity index (χ4n) is 4.14. The molecule has 0 saturated carbocycles. The van der Waals surface area contributed by atoms with Crippen molar-refractivity contribution in [3.8, 4) is 17.0 Å². The van der Waals surface area contributed by atoms with Gasteiger partial charge >= 0.3 is 0 Å². The quantitative estimate of drug-likeness (QED) is 0.702. The molecule has 3 aromatic rings. The van der Waals surface area contributed by atoms with Gasteiger partial charge in [-0.2, -0.15) is 0 Å². The first-order valence-corrected chi connectivity index (χ1v) is 10.7. The zero-order valence-corrected chi connectivity index (χ0v) is 16.7. The van der Waals surface area contributed by atoms with Crippen molar-refractivity contribution < 1.29 is 9.84 Å². The Hall–Kier alpha value is -2.22. The van der Waals surface area contributed by atoms with Crippen molar-refractivity contribution in [1.29, 1.82) is 0 Å². The number of hydrogen-bond acceptors (Lipinski definition) is 7. The second-order valence-electron chi connectivity index (χ2n) is 7.73. The average molecular weight is 397 g/mol. The molecule has 0 unspecified atom stereocenters.